The Labute approximate surface area is 149 Å². The smallest absolute Gasteiger partial charge is 0.315 e. The number of carbonyl (C=O) groups excluding carboxylic acids is 1. The van der Waals surface area contributed by atoms with Crippen molar-refractivity contribution < 1.29 is 9.90 Å². The van der Waals surface area contributed by atoms with Gasteiger partial charge in [0.05, 0.1) is 12.6 Å². The molecule has 2 aromatic carbocycles. The van der Waals surface area contributed by atoms with Crippen molar-refractivity contribution in [2.45, 2.75) is 26.1 Å². The number of rotatable bonds is 7. The molecule has 2 amide bonds. The predicted octanol–water partition coefficient (Wildman–Crippen LogP) is 2.59. The Kier molecular flexibility index (Phi) is 6.98. The molecule has 2 aromatic rings. The third kappa shape index (κ3) is 5.59. The molecule has 0 aliphatic heterocycles. The minimum absolute atomic E-state index is 0.0321. The van der Waals surface area contributed by atoms with E-state index in [2.05, 4.69) is 46.7 Å². The Balaban J connectivity index is 1.89. The molecule has 0 aliphatic rings. The predicted molar refractivity (Wildman–Crippen MR) is 100 cm³/mol. The molecule has 0 spiro atoms. The van der Waals surface area contributed by atoms with Gasteiger partial charge in [-0.05, 0) is 37.7 Å². The van der Waals surface area contributed by atoms with Gasteiger partial charge in [-0.15, -0.1) is 0 Å². The van der Waals surface area contributed by atoms with Crippen molar-refractivity contribution in [3.63, 3.8) is 0 Å². The standard InChI is InChI=1S/C20H27N3O2/c1-15-8-10-16(11-9-15)19(23(2)3)13-22-20(25)21-12-17-6-4-5-7-18(17)14-24/h4-11,19,24H,12-14H2,1-3H3,(H2,21,22,25). The van der Waals surface area contributed by atoms with Crippen LogP contribution in [0, 0.1) is 6.92 Å². The summed E-state index contributed by atoms with van der Waals surface area (Å²) in [5.74, 6) is 0. The molecule has 3 N–H and O–H groups in total. The average Bonchev–Trinajstić information content (AvgIpc) is 2.61. The van der Waals surface area contributed by atoms with Crippen LogP contribution in [0.4, 0.5) is 4.79 Å². The van der Waals surface area contributed by atoms with Gasteiger partial charge in [0.2, 0.25) is 0 Å². The van der Waals surface area contributed by atoms with Crippen LogP contribution in [0.2, 0.25) is 0 Å². The van der Waals surface area contributed by atoms with Gasteiger partial charge in [0, 0.05) is 13.1 Å². The van der Waals surface area contributed by atoms with Crippen LogP contribution in [0.5, 0.6) is 0 Å². The lowest BCUT2D eigenvalue weighted by Gasteiger charge is -2.25. The van der Waals surface area contributed by atoms with Crippen molar-refractivity contribution in [2.75, 3.05) is 20.6 Å². The quantitative estimate of drug-likeness (QED) is 0.725. The second-order valence-electron chi connectivity index (χ2n) is 6.38. The summed E-state index contributed by atoms with van der Waals surface area (Å²) < 4.78 is 0. The molecular weight excluding hydrogens is 314 g/mol. The molecule has 1 unspecified atom stereocenters. The van der Waals surface area contributed by atoms with Crippen LogP contribution >= 0.6 is 0 Å². The molecule has 0 heterocycles. The molecule has 134 valence electrons. The highest BCUT2D eigenvalue weighted by atomic mass is 16.3. The number of hydrogen-bond donors (Lipinski definition) is 3. The summed E-state index contributed by atoms with van der Waals surface area (Å²) in [5.41, 5.74) is 4.13. The van der Waals surface area contributed by atoms with Crippen molar-refractivity contribution in [3.05, 3.63) is 70.8 Å². The fourth-order valence-corrected chi connectivity index (χ4v) is 2.70. The molecule has 5 heteroatoms. The van der Waals surface area contributed by atoms with Crippen LogP contribution in [0.25, 0.3) is 0 Å². The summed E-state index contributed by atoms with van der Waals surface area (Å²) >= 11 is 0. The van der Waals surface area contributed by atoms with Crippen LogP contribution < -0.4 is 10.6 Å². The zero-order valence-corrected chi connectivity index (χ0v) is 15.1. The van der Waals surface area contributed by atoms with Gasteiger partial charge in [-0.1, -0.05) is 54.1 Å². The first-order chi connectivity index (χ1) is 12.0. The molecule has 0 bridgehead atoms. The number of hydrogen-bond acceptors (Lipinski definition) is 3. The number of likely N-dealkylation sites (N-methyl/N-ethyl adjacent to an activating group) is 1. The lowest BCUT2D eigenvalue weighted by molar-refractivity contribution is 0.232. The number of benzene rings is 2. The van der Waals surface area contributed by atoms with Crippen LogP contribution in [0.1, 0.15) is 28.3 Å². The molecule has 0 fully saturated rings. The number of nitrogens with one attached hydrogen (secondary N) is 2. The monoisotopic (exact) mass is 341 g/mol. The normalized spacial score (nSPS) is 12.0. The Morgan fingerprint density at radius 3 is 2.28 bits per heavy atom. The van der Waals surface area contributed by atoms with Gasteiger partial charge in [0.25, 0.3) is 0 Å². The van der Waals surface area contributed by atoms with Gasteiger partial charge < -0.3 is 20.6 Å². The number of aliphatic hydroxyl groups excluding tert-OH is 1. The summed E-state index contributed by atoms with van der Waals surface area (Å²) in [6.45, 7) is 2.93. The SMILES string of the molecule is Cc1ccc(C(CNC(=O)NCc2ccccc2CO)N(C)C)cc1. The lowest BCUT2D eigenvalue weighted by atomic mass is 10.0. The van der Waals surface area contributed by atoms with E-state index in [1.807, 2.05) is 38.4 Å². The highest BCUT2D eigenvalue weighted by Crippen LogP contribution is 2.17. The van der Waals surface area contributed by atoms with Crippen molar-refractivity contribution in [1.82, 2.24) is 15.5 Å². The van der Waals surface area contributed by atoms with E-state index in [1.165, 1.54) is 11.1 Å². The first-order valence-corrected chi connectivity index (χ1v) is 8.43. The fraction of sp³-hybridized carbons (Fsp3) is 0.350. The van der Waals surface area contributed by atoms with E-state index < -0.39 is 0 Å². The molecule has 5 nitrogen and oxygen atoms in total. The first-order valence-electron chi connectivity index (χ1n) is 8.43. The number of amides is 2. The van der Waals surface area contributed by atoms with E-state index in [-0.39, 0.29) is 18.7 Å². The molecule has 0 radical (unpaired) electrons. The molecule has 0 aliphatic carbocycles. The van der Waals surface area contributed by atoms with Crippen LogP contribution in [0.15, 0.2) is 48.5 Å². The van der Waals surface area contributed by atoms with E-state index in [9.17, 15) is 9.90 Å². The zero-order chi connectivity index (χ0) is 18.2. The molecule has 0 aromatic heterocycles. The molecular formula is C20H27N3O2. The maximum atomic E-state index is 12.1. The molecule has 2 rings (SSSR count). The van der Waals surface area contributed by atoms with Crippen molar-refractivity contribution >= 4 is 6.03 Å². The number of urea groups is 1. The Hall–Kier alpha value is -2.37. The van der Waals surface area contributed by atoms with Gasteiger partial charge in [-0.25, -0.2) is 4.79 Å². The van der Waals surface area contributed by atoms with Crippen molar-refractivity contribution in [2.24, 2.45) is 0 Å². The van der Waals surface area contributed by atoms with E-state index in [4.69, 9.17) is 0 Å². The second kappa shape index (κ2) is 9.20. The number of aliphatic hydroxyl groups is 1. The maximum Gasteiger partial charge on any atom is 0.315 e. The van der Waals surface area contributed by atoms with E-state index >= 15 is 0 Å². The summed E-state index contributed by atoms with van der Waals surface area (Å²) in [6.07, 6.45) is 0. The lowest BCUT2D eigenvalue weighted by Crippen LogP contribution is -2.40. The first kappa shape index (κ1) is 19.0. The Morgan fingerprint density at radius 1 is 1.04 bits per heavy atom. The van der Waals surface area contributed by atoms with E-state index in [1.54, 1.807) is 0 Å². The van der Waals surface area contributed by atoms with Gasteiger partial charge >= 0.3 is 6.03 Å². The highest BCUT2D eigenvalue weighted by molar-refractivity contribution is 5.73. The summed E-state index contributed by atoms with van der Waals surface area (Å²) in [5, 5.41) is 15.1. The zero-order valence-electron chi connectivity index (χ0n) is 15.1. The largest absolute Gasteiger partial charge is 0.392 e. The topological polar surface area (TPSA) is 64.6 Å². The van der Waals surface area contributed by atoms with E-state index in [0.717, 1.165) is 11.1 Å². The van der Waals surface area contributed by atoms with Crippen molar-refractivity contribution in [1.29, 1.82) is 0 Å². The maximum absolute atomic E-state index is 12.1. The minimum atomic E-state index is -0.216. The Bertz CT molecular complexity index is 684. The number of nitrogens with zero attached hydrogens (tertiary/aromatic N) is 1. The Morgan fingerprint density at radius 2 is 1.68 bits per heavy atom. The van der Waals surface area contributed by atoms with Gasteiger partial charge in [0.15, 0.2) is 0 Å². The average molecular weight is 341 g/mol. The summed E-state index contributed by atoms with van der Waals surface area (Å²) in [6, 6.07) is 15.8. The third-order valence-electron chi connectivity index (χ3n) is 4.27. The molecule has 0 saturated heterocycles. The van der Waals surface area contributed by atoms with Crippen molar-refractivity contribution in [3.8, 4) is 0 Å². The number of aryl methyl sites for hydroxylation is 1. The molecule has 1 atom stereocenters. The van der Waals surface area contributed by atoms with Crippen LogP contribution in [0.3, 0.4) is 0 Å². The third-order valence-corrected chi connectivity index (χ3v) is 4.27. The minimum Gasteiger partial charge on any atom is -0.392 e. The second-order valence-corrected chi connectivity index (χ2v) is 6.38. The fourth-order valence-electron chi connectivity index (χ4n) is 2.70. The highest BCUT2D eigenvalue weighted by Gasteiger charge is 2.15. The number of carbonyl (C=O) groups is 1. The molecule has 25 heavy (non-hydrogen) atoms. The van der Waals surface area contributed by atoms with Gasteiger partial charge in [-0.2, -0.15) is 0 Å². The van der Waals surface area contributed by atoms with Gasteiger partial charge in [-0.3, -0.25) is 0 Å². The van der Waals surface area contributed by atoms with Gasteiger partial charge in [0.1, 0.15) is 0 Å². The summed E-state index contributed by atoms with van der Waals surface area (Å²) in [7, 11) is 4.00. The van der Waals surface area contributed by atoms with Crippen LogP contribution in [-0.2, 0) is 13.2 Å². The van der Waals surface area contributed by atoms with E-state index in [0.29, 0.717) is 13.1 Å². The summed E-state index contributed by atoms with van der Waals surface area (Å²) in [4.78, 5) is 14.2. The molecule has 0 saturated carbocycles. The van der Waals surface area contributed by atoms with Crippen LogP contribution in [-0.4, -0.2) is 36.7 Å².